The maximum absolute atomic E-state index is 5.23. The van der Waals surface area contributed by atoms with Crippen molar-refractivity contribution in [2.24, 2.45) is 0 Å². The Bertz CT molecular complexity index is 612. The van der Waals surface area contributed by atoms with E-state index in [2.05, 4.69) is 33.1 Å². The maximum atomic E-state index is 5.23. The van der Waals surface area contributed by atoms with Crippen LogP contribution in [-0.2, 0) is 6.54 Å². The van der Waals surface area contributed by atoms with Crippen LogP contribution in [0.25, 0.3) is 0 Å². The normalized spacial score (nSPS) is 19.1. The van der Waals surface area contributed by atoms with Gasteiger partial charge in [0.15, 0.2) is 0 Å². The van der Waals surface area contributed by atoms with E-state index in [1.54, 1.807) is 7.11 Å². The number of aromatic nitrogens is 2. The van der Waals surface area contributed by atoms with Gasteiger partial charge in [0.2, 0.25) is 0 Å². The van der Waals surface area contributed by atoms with Crippen molar-refractivity contribution in [2.45, 2.75) is 38.8 Å². The van der Waals surface area contributed by atoms with E-state index in [9.17, 15) is 0 Å². The Labute approximate surface area is 132 Å². The molecule has 4 heteroatoms. The number of likely N-dealkylation sites (tertiary alicyclic amines) is 1. The van der Waals surface area contributed by atoms with Crippen molar-refractivity contribution < 1.29 is 4.74 Å². The molecule has 0 N–H and O–H groups in total. The summed E-state index contributed by atoms with van der Waals surface area (Å²) in [5.74, 6) is 1.76. The number of hydrogen-bond donors (Lipinski definition) is 0. The summed E-state index contributed by atoms with van der Waals surface area (Å²) in [6.07, 6.45) is 5.58. The van der Waals surface area contributed by atoms with E-state index in [1.807, 2.05) is 25.3 Å². The number of methoxy groups -OCH3 is 1. The third kappa shape index (κ3) is 3.45. The lowest BCUT2D eigenvalue weighted by Gasteiger charge is -2.35. The lowest BCUT2D eigenvalue weighted by atomic mass is 9.98. The van der Waals surface area contributed by atoms with Crippen molar-refractivity contribution in [3.05, 3.63) is 53.6 Å². The number of hydrogen-bond acceptors (Lipinski definition) is 4. The smallest absolute Gasteiger partial charge is 0.125 e. The van der Waals surface area contributed by atoms with Crippen LogP contribution in [0.1, 0.15) is 42.4 Å². The molecule has 1 atom stereocenters. The molecule has 2 aromatic rings. The molecule has 22 heavy (non-hydrogen) atoms. The van der Waals surface area contributed by atoms with Gasteiger partial charge in [-0.05, 0) is 50.1 Å². The molecule has 1 fully saturated rings. The number of ether oxygens (including phenoxy) is 1. The summed E-state index contributed by atoms with van der Waals surface area (Å²) in [7, 11) is 1.70. The fourth-order valence-electron chi connectivity index (χ4n) is 3.14. The van der Waals surface area contributed by atoms with Gasteiger partial charge >= 0.3 is 0 Å². The van der Waals surface area contributed by atoms with Crippen LogP contribution < -0.4 is 4.74 Å². The van der Waals surface area contributed by atoms with Gasteiger partial charge in [-0.1, -0.05) is 18.6 Å². The molecular formula is C18H23N3O. The van der Waals surface area contributed by atoms with Crippen LogP contribution in [0.15, 0.2) is 36.5 Å². The van der Waals surface area contributed by atoms with Gasteiger partial charge in [0, 0.05) is 12.7 Å². The van der Waals surface area contributed by atoms with Crippen molar-refractivity contribution in [2.75, 3.05) is 13.7 Å². The van der Waals surface area contributed by atoms with Gasteiger partial charge in [0.05, 0.1) is 18.8 Å². The topological polar surface area (TPSA) is 38.2 Å². The Morgan fingerprint density at radius 1 is 1.18 bits per heavy atom. The van der Waals surface area contributed by atoms with E-state index in [-0.39, 0.29) is 0 Å². The fourth-order valence-corrected chi connectivity index (χ4v) is 3.14. The van der Waals surface area contributed by atoms with Crippen LogP contribution in [0.3, 0.4) is 0 Å². The second-order valence-corrected chi connectivity index (χ2v) is 5.86. The van der Waals surface area contributed by atoms with Crippen molar-refractivity contribution in [3.8, 4) is 5.75 Å². The third-order valence-electron chi connectivity index (χ3n) is 4.30. The molecule has 0 bridgehead atoms. The minimum atomic E-state index is 0.401. The molecule has 4 nitrogen and oxygen atoms in total. The van der Waals surface area contributed by atoms with Crippen molar-refractivity contribution in [3.63, 3.8) is 0 Å². The Balaban J connectivity index is 1.77. The highest BCUT2D eigenvalue weighted by molar-refractivity contribution is 5.27. The summed E-state index contributed by atoms with van der Waals surface area (Å²) in [5, 5.41) is 0. The highest BCUT2D eigenvalue weighted by Crippen LogP contribution is 2.31. The summed E-state index contributed by atoms with van der Waals surface area (Å²) in [6, 6.07) is 10.8. The van der Waals surface area contributed by atoms with Crippen molar-refractivity contribution in [1.82, 2.24) is 14.9 Å². The van der Waals surface area contributed by atoms with E-state index in [4.69, 9.17) is 4.74 Å². The van der Waals surface area contributed by atoms with Crippen LogP contribution in [-0.4, -0.2) is 28.5 Å². The first kappa shape index (κ1) is 15.0. The molecule has 2 heterocycles. The standard InChI is InChI=1S/C18H23N3O/c1-14-19-11-10-17(20-14)18-5-3-4-12-21(18)13-15-6-8-16(22-2)9-7-15/h6-11,18H,3-5,12-13H2,1-2H3/t18-/m1/s1. The molecule has 0 unspecified atom stereocenters. The Morgan fingerprint density at radius 2 is 2.00 bits per heavy atom. The van der Waals surface area contributed by atoms with Crippen molar-refractivity contribution in [1.29, 1.82) is 0 Å². The van der Waals surface area contributed by atoms with Gasteiger partial charge in [-0.3, -0.25) is 4.90 Å². The first-order valence-corrected chi connectivity index (χ1v) is 7.93. The van der Waals surface area contributed by atoms with E-state index >= 15 is 0 Å². The Hall–Kier alpha value is -1.94. The zero-order valence-electron chi connectivity index (χ0n) is 13.3. The number of aryl methyl sites for hydroxylation is 1. The van der Waals surface area contributed by atoms with Gasteiger partial charge in [0.1, 0.15) is 11.6 Å². The average Bonchev–Trinajstić information content (AvgIpc) is 2.56. The first-order valence-electron chi connectivity index (χ1n) is 7.93. The molecule has 0 radical (unpaired) electrons. The largest absolute Gasteiger partial charge is 0.497 e. The molecular weight excluding hydrogens is 274 g/mol. The van der Waals surface area contributed by atoms with Crippen LogP contribution in [0.4, 0.5) is 0 Å². The summed E-state index contributed by atoms with van der Waals surface area (Å²) in [4.78, 5) is 11.4. The predicted molar refractivity (Wildman–Crippen MR) is 86.8 cm³/mol. The minimum Gasteiger partial charge on any atom is -0.497 e. The Morgan fingerprint density at radius 3 is 2.73 bits per heavy atom. The van der Waals surface area contributed by atoms with Gasteiger partial charge < -0.3 is 4.74 Å². The molecule has 0 saturated carbocycles. The molecule has 1 aliphatic rings. The van der Waals surface area contributed by atoms with Crippen molar-refractivity contribution >= 4 is 0 Å². The third-order valence-corrected chi connectivity index (χ3v) is 4.30. The van der Waals surface area contributed by atoms with Crippen LogP contribution >= 0.6 is 0 Å². The molecule has 1 aliphatic heterocycles. The molecule has 3 rings (SSSR count). The van der Waals surface area contributed by atoms with E-state index in [1.165, 1.54) is 24.8 Å². The zero-order chi connectivity index (χ0) is 15.4. The summed E-state index contributed by atoms with van der Waals surface area (Å²) in [5.41, 5.74) is 2.47. The second kappa shape index (κ2) is 6.88. The molecule has 1 aromatic heterocycles. The molecule has 0 amide bonds. The monoisotopic (exact) mass is 297 g/mol. The van der Waals surface area contributed by atoms with Gasteiger partial charge in [0.25, 0.3) is 0 Å². The first-order chi connectivity index (χ1) is 10.8. The molecule has 1 aromatic carbocycles. The highest BCUT2D eigenvalue weighted by Gasteiger charge is 2.25. The van der Waals surface area contributed by atoms with E-state index < -0.39 is 0 Å². The zero-order valence-corrected chi connectivity index (χ0v) is 13.3. The highest BCUT2D eigenvalue weighted by atomic mass is 16.5. The average molecular weight is 297 g/mol. The van der Waals surface area contributed by atoms with Crippen LogP contribution in [0.5, 0.6) is 5.75 Å². The van der Waals surface area contributed by atoms with Crippen LogP contribution in [0.2, 0.25) is 0 Å². The lowest BCUT2D eigenvalue weighted by molar-refractivity contribution is 0.137. The number of rotatable bonds is 4. The van der Waals surface area contributed by atoms with Gasteiger partial charge in [-0.15, -0.1) is 0 Å². The summed E-state index contributed by atoms with van der Waals surface area (Å²) in [6.45, 7) is 4.04. The molecule has 1 saturated heterocycles. The van der Waals surface area contributed by atoms with E-state index in [0.717, 1.165) is 30.4 Å². The molecule has 0 aliphatic carbocycles. The lowest BCUT2D eigenvalue weighted by Crippen LogP contribution is -2.33. The second-order valence-electron chi connectivity index (χ2n) is 5.86. The number of nitrogens with zero attached hydrogens (tertiary/aromatic N) is 3. The van der Waals surface area contributed by atoms with Gasteiger partial charge in [-0.25, -0.2) is 9.97 Å². The predicted octanol–water partition coefficient (Wildman–Crippen LogP) is 3.52. The maximum Gasteiger partial charge on any atom is 0.125 e. The minimum absolute atomic E-state index is 0.401. The molecule has 0 spiro atoms. The SMILES string of the molecule is COc1ccc(CN2CCCC[C@@H]2c2ccnc(C)n2)cc1. The van der Waals surface area contributed by atoms with Gasteiger partial charge in [-0.2, -0.15) is 0 Å². The number of piperidine rings is 1. The van der Waals surface area contributed by atoms with E-state index in [0.29, 0.717) is 6.04 Å². The summed E-state index contributed by atoms with van der Waals surface area (Å²) < 4.78 is 5.23. The number of benzene rings is 1. The fraction of sp³-hybridized carbons (Fsp3) is 0.444. The summed E-state index contributed by atoms with van der Waals surface area (Å²) >= 11 is 0. The quantitative estimate of drug-likeness (QED) is 0.865. The molecule has 116 valence electrons. The Kier molecular flexibility index (Phi) is 4.68. The van der Waals surface area contributed by atoms with Crippen LogP contribution in [0, 0.1) is 6.92 Å².